The van der Waals surface area contributed by atoms with Crippen molar-refractivity contribution >= 4 is 0 Å². The lowest BCUT2D eigenvalue weighted by atomic mass is 10.1. The van der Waals surface area contributed by atoms with Gasteiger partial charge in [-0.05, 0) is 23.3 Å². The Morgan fingerprint density at radius 1 is 1.00 bits per heavy atom. The molecule has 1 heterocycles. The van der Waals surface area contributed by atoms with Crippen molar-refractivity contribution < 1.29 is 14.2 Å². The molecule has 0 radical (unpaired) electrons. The number of rotatable bonds is 2. The predicted molar refractivity (Wildman–Crippen MR) is 48.0 cm³/mol. The molecular weight excluding hydrogens is 168 g/mol. The highest BCUT2D eigenvalue weighted by atomic mass is 16.5. The molecule has 0 saturated carbocycles. The molecule has 0 aliphatic carbocycles. The highest BCUT2D eigenvalue weighted by Crippen LogP contribution is 2.33. The van der Waals surface area contributed by atoms with Gasteiger partial charge in [0.15, 0.2) is 11.5 Å². The van der Waals surface area contributed by atoms with Crippen LogP contribution in [0.1, 0.15) is 11.1 Å². The zero-order chi connectivity index (χ0) is 9.26. The van der Waals surface area contributed by atoms with Crippen molar-refractivity contribution in [1.29, 1.82) is 0 Å². The molecule has 0 saturated heterocycles. The molecule has 1 aromatic rings. The highest BCUT2D eigenvalue weighted by Gasteiger charge is 2.15. The fourth-order valence-electron chi connectivity index (χ4n) is 1.50. The monoisotopic (exact) mass is 180 g/mol. The lowest BCUT2D eigenvalue weighted by Crippen LogP contribution is -1.93. The molecule has 2 rings (SSSR count). The molecule has 3 nitrogen and oxygen atoms in total. The first-order chi connectivity index (χ1) is 6.35. The van der Waals surface area contributed by atoms with Crippen LogP contribution in [0, 0.1) is 0 Å². The van der Waals surface area contributed by atoms with Crippen LogP contribution in [-0.2, 0) is 18.0 Å². The van der Waals surface area contributed by atoms with Gasteiger partial charge in [0, 0.05) is 0 Å². The van der Waals surface area contributed by atoms with E-state index in [1.54, 1.807) is 14.2 Å². The van der Waals surface area contributed by atoms with Crippen LogP contribution in [-0.4, -0.2) is 14.2 Å². The van der Waals surface area contributed by atoms with E-state index < -0.39 is 0 Å². The van der Waals surface area contributed by atoms with Crippen molar-refractivity contribution in [1.82, 2.24) is 0 Å². The van der Waals surface area contributed by atoms with Gasteiger partial charge in [-0.25, -0.2) is 0 Å². The van der Waals surface area contributed by atoms with E-state index in [2.05, 4.69) is 0 Å². The normalized spacial score (nSPS) is 14.0. The summed E-state index contributed by atoms with van der Waals surface area (Å²) in [5.41, 5.74) is 2.38. The number of ether oxygens (including phenoxy) is 3. The largest absolute Gasteiger partial charge is 0.493 e. The topological polar surface area (TPSA) is 27.7 Å². The number of hydrogen-bond acceptors (Lipinski definition) is 3. The number of methoxy groups -OCH3 is 2. The average molecular weight is 180 g/mol. The molecule has 13 heavy (non-hydrogen) atoms. The van der Waals surface area contributed by atoms with Crippen molar-refractivity contribution in [3.05, 3.63) is 23.3 Å². The SMILES string of the molecule is COc1cc2c(cc1OC)COC2. The van der Waals surface area contributed by atoms with E-state index in [9.17, 15) is 0 Å². The molecule has 0 bridgehead atoms. The Morgan fingerprint density at radius 3 is 1.85 bits per heavy atom. The summed E-state index contributed by atoms with van der Waals surface area (Å²) in [6.07, 6.45) is 0. The standard InChI is InChI=1S/C10H12O3/c1-11-9-3-7-5-13-6-8(7)4-10(9)12-2/h3-4H,5-6H2,1-2H3. The Hall–Kier alpha value is -1.22. The van der Waals surface area contributed by atoms with Crippen LogP contribution in [0.5, 0.6) is 11.5 Å². The minimum absolute atomic E-state index is 0.676. The molecular formula is C10H12O3. The van der Waals surface area contributed by atoms with Gasteiger partial charge in [-0.2, -0.15) is 0 Å². The van der Waals surface area contributed by atoms with Crippen molar-refractivity contribution in [3.8, 4) is 11.5 Å². The van der Waals surface area contributed by atoms with Crippen LogP contribution < -0.4 is 9.47 Å². The molecule has 1 aliphatic rings. The fraction of sp³-hybridized carbons (Fsp3) is 0.400. The minimum Gasteiger partial charge on any atom is -0.493 e. The van der Waals surface area contributed by atoms with Crippen molar-refractivity contribution in [3.63, 3.8) is 0 Å². The molecule has 0 amide bonds. The Bertz CT molecular complexity index is 289. The van der Waals surface area contributed by atoms with Gasteiger partial charge >= 0.3 is 0 Å². The lowest BCUT2D eigenvalue weighted by Gasteiger charge is -2.08. The summed E-state index contributed by atoms with van der Waals surface area (Å²) < 4.78 is 15.7. The van der Waals surface area contributed by atoms with E-state index in [4.69, 9.17) is 14.2 Å². The Kier molecular flexibility index (Phi) is 2.10. The summed E-state index contributed by atoms with van der Waals surface area (Å²) in [5.74, 6) is 1.54. The molecule has 0 fully saturated rings. The van der Waals surface area contributed by atoms with Crippen LogP contribution in [0.15, 0.2) is 12.1 Å². The first kappa shape index (κ1) is 8.38. The average Bonchev–Trinajstić information content (AvgIpc) is 2.62. The maximum Gasteiger partial charge on any atom is 0.161 e. The predicted octanol–water partition coefficient (Wildman–Crippen LogP) is 1.73. The van der Waals surface area contributed by atoms with Gasteiger partial charge < -0.3 is 14.2 Å². The fourth-order valence-corrected chi connectivity index (χ4v) is 1.50. The smallest absolute Gasteiger partial charge is 0.161 e. The second-order valence-electron chi connectivity index (χ2n) is 2.97. The first-order valence-electron chi connectivity index (χ1n) is 4.16. The van der Waals surface area contributed by atoms with Crippen LogP contribution in [0.2, 0.25) is 0 Å². The summed E-state index contributed by atoms with van der Waals surface area (Å²) >= 11 is 0. The maximum atomic E-state index is 5.30. The Balaban J connectivity index is 2.47. The number of fused-ring (bicyclic) bond motifs is 1. The zero-order valence-corrected chi connectivity index (χ0v) is 7.79. The molecule has 0 unspecified atom stereocenters. The second kappa shape index (κ2) is 3.26. The van der Waals surface area contributed by atoms with E-state index in [0.29, 0.717) is 13.2 Å². The van der Waals surface area contributed by atoms with E-state index in [0.717, 1.165) is 11.5 Å². The molecule has 1 aliphatic heterocycles. The van der Waals surface area contributed by atoms with E-state index in [1.165, 1.54) is 11.1 Å². The highest BCUT2D eigenvalue weighted by molar-refractivity contribution is 5.47. The van der Waals surface area contributed by atoms with Crippen molar-refractivity contribution in [2.75, 3.05) is 14.2 Å². The molecule has 70 valence electrons. The van der Waals surface area contributed by atoms with Gasteiger partial charge in [0.1, 0.15) is 0 Å². The molecule has 3 heteroatoms. The summed E-state index contributed by atoms with van der Waals surface area (Å²) in [7, 11) is 3.28. The zero-order valence-electron chi connectivity index (χ0n) is 7.79. The van der Waals surface area contributed by atoms with E-state index >= 15 is 0 Å². The third-order valence-corrected chi connectivity index (χ3v) is 2.22. The van der Waals surface area contributed by atoms with E-state index in [-0.39, 0.29) is 0 Å². The van der Waals surface area contributed by atoms with Crippen LogP contribution in [0.25, 0.3) is 0 Å². The van der Waals surface area contributed by atoms with Crippen LogP contribution in [0.3, 0.4) is 0 Å². The minimum atomic E-state index is 0.676. The third-order valence-electron chi connectivity index (χ3n) is 2.22. The molecule has 0 atom stereocenters. The quantitative estimate of drug-likeness (QED) is 0.693. The van der Waals surface area contributed by atoms with Gasteiger partial charge in [-0.3, -0.25) is 0 Å². The molecule has 0 aromatic heterocycles. The maximum absolute atomic E-state index is 5.30. The van der Waals surface area contributed by atoms with Gasteiger partial charge in [0.05, 0.1) is 27.4 Å². The van der Waals surface area contributed by atoms with Gasteiger partial charge in [0.25, 0.3) is 0 Å². The summed E-state index contributed by atoms with van der Waals surface area (Å²) in [6, 6.07) is 3.95. The Morgan fingerprint density at radius 2 is 1.46 bits per heavy atom. The van der Waals surface area contributed by atoms with E-state index in [1.807, 2.05) is 12.1 Å². The third kappa shape index (κ3) is 1.35. The van der Waals surface area contributed by atoms with Gasteiger partial charge in [-0.15, -0.1) is 0 Å². The lowest BCUT2D eigenvalue weighted by molar-refractivity contribution is 0.134. The first-order valence-corrected chi connectivity index (χ1v) is 4.16. The van der Waals surface area contributed by atoms with Gasteiger partial charge in [0.2, 0.25) is 0 Å². The van der Waals surface area contributed by atoms with Crippen molar-refractivity contribution in [2.24, 2.45) is 0 Å². The Labute approximate surface area is 77.2 Å². The summed E-state index contributed by atoms with van der Waals surface area (Å²) in [5, 5.41) is 0. The molecule has 1 aromatic carbocycles. The van der Waals surface area contributed by atoms with Crippen molar-refractivity contribution in [2.45, 2.75) is 13.2 Å². The van der Waals surface area contributed by atoms with Crippen LogP contribution >= 0.6 is 0 Å². The number of hydrogen-bond donors (Lipinski definition) is 0. The molecule has 0 N–H and O–H groups in total. The summed E-state index contributed by atoms with van der Waals surface area (Å²) in [6.45, 7) is 1.35. The summed E-state index contributed by atoms with van der Waals surface area (Å²) in [4.78, 5) is 0. The molecule has 0 spiro atoms. The van der Waals surface area contributed by atoms with Crippen LogP contribution in [0.4, 0.5) is 0 Å². The van der Waals surface area contributed by atoms with Gasteiger partial charge in [-0.1, -0.05) is 0 Å². The number of benzene rings is 1. The second-order valence-corrected chi connectivity index (χ2v) is 2.97.